The smallest absolute Gasteiger partial charge is 0.243 e. The van der Waals surface area contributed by atoms with Gasteiger partial charge in [0.1, 0.15) is 0 Å². The molecule has 0 aliphatic carbocycles. The van der Waals surface area contributed by atoms with Crippen LogP contribution in [0.3, 0.4) is 0 Å². The number of nitrogens with zero attached hydrogens (tertiary/aromatic N) is 3. The maximum absolute atomic E-state index is 12.9. The molecule has 4 rings (SSSR count). The van der Waals surface area contributed by atoms with Gasteiger partial charge in [-0.25, -0.2) is 4.98 Å². The number of aryl methyl sites for hydroxylation is 1. The summed E-state index contributed by atoms with van der Waals surface area (Å²) in [5.74, 6) is 0.234. The van der Waals surface area contributed by atoms with Gasteiger partial charge in [-0.3, -0.25) is 14.5 Å². The fraction of sp³-hybridized carbons (Fsp3) is 0.400. The number of hydrogen-bond acceptors (Lipinski definition) is 5. The maximum Gasteiger partial charge on any atom is 0.243 e. The van der Waals surface area contributed by atoms with Gasteiger partial charge in [0.25, 0.3) is 0 Å². The predicted octanol–water partition coefficient (Wildman–Crippen LogP) is 4.27. The molecule has 0 bridgehead atoms. The molecular weight excluding hydrogens is 420 g/mol. The van der Waals surface area contributed by atoms with Gasteiger partial charge in [0.15, 0.2) is 0 Å². The standard InChI is InChI=1S/C25H30N4O2S/c1-17-8-10-20(11-9-17)26-23(30)16-28(3)25(31)18(2)29-14-12-19(13-15-29)24-27-21-6-4-5-7-22(21)32-24/h4-11,18-19H,12-16H2,1-3H3,(H,26,30)/t18-/m1/s1. The van der Waals surface area contributed by atoms with E-state index in [1.165, 1.54) is 14.6 Å². The number of rotatable bonds is 6. The van der Waals surface area contributed by atoms with E-state index in [0.29, 0.717) is 5.92 Å². The lowest BCUT2D eigenvalue weighted by Crippen LogP contribution is -2.49. The molecule has 2 aromatic carbocycles. The molecule has 7 heteroatoms. The highest BCUT2D eigenvalue weighted by Crippen LogP contribution is 2.34. The minimum absolute atomic E-state index is 0.0255. The average Bonchev–Trinajstić information content (AvgIpc) is 3.24. The van der Waals surface area contributed by atoms with Crippen molar-refractivity contribution < 1.29 is 9.59 Å². The molecule has 3 aromatic rings. The van der Waals surface area contributed by atoms with Crippen LogP contribution >= 0.6 is 11.3 Å². The second kappa shape index (κ2) is 9.79. The normalized spacial score (nSPS) is 16.1. The topological polar surface area (TPSA) is 65.5 Å². The number of likely N-dealkylation sites (tertiary alicyclic amines) is 1. The summed E-state index contributed by atoms with van der Waals surface area (Å²) in [7, 11) is 1.70. The third-order valence-corrected chi connectivity index (χ3v) is 7.39. The van der Waals surface area contributed by atoms with Crippen molar-refractivity contribution in [1.82, 2.24) is 14.8 Å². The number of nitrogens with one attached hydrogen (secondary N) is 1. The molecule has 1 aliphatic heterocycles. The van der Waals surface area contributed by atoms with Crippen LogP contribution in [0.2, 0.25) is 0 Å². The first-order chi connectivity index (χ1) is 15.4. The van der Waals surface area contributed by atoms with Gasteiger partial charge in [-0.2, -0.15) is 0 Å². The van der Waals surface area contributed by atoms with E-state index in [1.807, 2.05) is 44.2 Å². The molecule has 6 nitrogen and oxygen atoms in total. The average molecular weight is 451 g/mol. The summed E-state index contributed by atoms with van der Waals surface area (Å²) >= 11 is 1.78. The molecular formula is C25H30N4O2S. The molecule has 1 aromatic heterocycles. The van der Waals surface area contributed by atoms with Crippen LogP contribution in [0.1, 0.15) is 36.3 Å². The molecule has 1 atom stereocenters. The third kappa shape index (κ3) is 5.16. The number of para-hydroxylation sites is 1. The van der Waals surface area contributed by atoms with Crippen LogP contribution in [0.4, 0.5) is 5.69 Å². The Labute approximate surface area is 193 Å². The Kier molecular flexibility index (Phi) is 6.86. The van der Waals surface area contributed by atoms with Gasteiger partial charge in [-0.1, -0.05) is 29.8 Å². The molecule has 2 amide bonds. The SMILES string of the molecule is Cc1ccc(NC(=O)CN(C)C(=O)[C@@H](C)N2CCC(c3nc4ccccc4s3)CC2)cc1. The van der Waals surface area contributed by atoms with Crippen molar-refractivity contribution in [3.05, 3.63) is 59.1 Å². The van der Waals surface area contributed by atoms with Gasteiger partial charge in [0.05, 0.1) is 27.8 Å². The molecule has 2 heterocycles. The van der Waals surface area contributed by atoms with Gasteiger partial charge in [0.2, 0.25) is 11.8 Å². The fourth-order valence-corrected chi connectivity index (χ4v) is 5.34. The molecule has 0 radical (unpaired) electrons. The van der Waals surface area contributed by atoms with E-state index in [2.05, 4.69) is 28.4 Å². The predicted molar refractivity (Wildman–Crippen MR) is 130 cm³/mol. The molecule has 0 spiro atoms. The monoisotopic (exact) mass is 450 g/mol. The minimum Gasteiger partial charge on any atom is -0.335 e. The number of benzene rings is 2. The quantitative estimate of drug-likeness (QED) is 0.609. The third-order valence-electron chi connectivity index (χ3n) is 6.19. The Hall–Kier alpha value is -2.77. The summed E-state index contributed by atoms with van der Waals surface area (Å²) in [5.41, 5.74) is 2.95. The maximum atomic E-state index is 12.9. The molecule has 168 valence electrons. The van der Waals surface area contributed by atoms with E-state index in [4.69, 9.17) is 4.98 Å². The molecule has 1 aliphatic rings. The second-order valence-electron chi connectivity index (χ2n) is 8.61. The number of fused-ring (bicyclic) bond motifs is 1. The van der Waals surface area contributed by atoms with Gasteiger partial charge in [-0.15, -0.1) is 11.3 Å². The van der Waals surface area contributed by atoms with Crippen molar-refractivity contribution in [2.24, 2.45) is 0 Å². The minimum atomic E-state index is -0.247. The van der Waals surface area contributed by atoms with E-state index in [-0.39, 0.29) is 24.4 Å². The Morgan fingerprint density at radius 3 is 2.53 bits per heavy atom. The number of hydrogen-bond donors (Lipinski definition) is 1. The van der Waals surface area contributed by atoms with E-state index >= 15 is 0 Å². The van der Waals surface area contributed by atoms with Crippen molar-refractivity contribution >= 4 is 39.1 Å². The molecule has 1 saturated heterocycles. The number of thiazole rings is 1. The first-order valence-electron chi connectivity index (χ1n) is 11.1. The number of piperidine rings is 1. The summed E-state index contributed by atoms with van der Waals surface area (Å²) in [4.78, 5) is 33.9. The Morgan fingerprint density at radius 1 is 1.16 bits per heavy atom. The Bertz CT molecular complexity index is 1050. The zero-order chi connectivity index (χ0) is 22.7. The van der Waals surface area contributed by atoms with Gasteiger partial charge < -0.3 is 10.2 Å². The largest absolute Gasteiger partial charge is 0.335 e. The first kappa shape index (κ1) is 22.4. The van der Waals surface area contributed by atoms with Crippen LogP contribution in [0.15, 0.2) is 48.5 Å². The van der Waals surface area contributed by atoms with Crippen molar-refractivity contribution in [1.29, 1.82) is 0 Å². The summed E-state index contributed by atoms with van der Waals surface area (Å²) < 4.78 is 1.24. The second-order valence-corrected chi connectivity index (χ2v) is 9.68. The number of amides is 2. The van der Waals surface area contributed by atoms with Gasteiger partial charge in [-0.05, 0) is 64.0 Å². The van der Waals surface area contributed by atoms with Crippen LogP contribution in [0, 0.1) is 6.92 Å². The zero-order valence-electron chi connectivity index (χ0n) is 18.9. The summed E-state index contributed by atoms with van der Waals surface area (Å²) in [6.07, 6.45) is 1.99. The number of anilines is 1. The molecule has 0 unspecified atom stereocenters. The van der Waals surface area contributed by atoms with Crippen LogP contribution in [0.25, 0.3) is 10.2 Å². The van der Waals surface area contributed by atoms with Crippen molar-refractivity contribution in [3.63, 3.8) is 0 Å². The molecule has 32 heavy (non-hydrogen) atoms. The number of carbonyl (C=O) groups is 2. The van der Waals surface area contributed by atoms with Crippen molar-refractivity contribution in [2.45, 2.75) is 38.6 Å². The van der Waals surface area contributed by atoms with E-state index in [1.54, 1.807) is 18.4 Å². The van der Waals surface area contributed by atoms with E-state index in [9.17, 15) is 9.59 Å². The number of carbonyl (C=O) groups excluding carboxylic acids is 2. The molecule has 1 N–H and O–H groups in total. The number of aromatic nitrogens is 1. The summed E-state index contributed by atoms with van der Waals surface area (Å²) in [6, 6.07) is 15.7. The summed E-state index contributed by atoms with van der Waals surface area (Å²) in [6.45, 7) is 5.70. The lowest BCUT2D eigenvalue weighted by molar-refractivity contribution is -0.138. The fourth-order valence-electron chi connectivity index (χ4n) is 4.20. The number of likely N-dealkylation sites (N-methyl/N-ethyl adjacent to an activating group) is 1. The van der Waals surface area contributed by atoms with Crippen LogP contribution < -0.4 is 5.32 Å². The van der Waals surface area contributed by atoms with Crippen LogP contribution in [-0.4, -0.2) is 59.3 Å². The Balaban J connectivity index is 1.28. The van der Waals surface area contributed by atoms with E-state index in [0.717, 1.165) is 42.7 Å². The lowest BCUT2D eigenvalue weighted by Gasteiger charge is -2.36. The lowest BCUT2D eigenvalue weighted by atomic mass is 9.96. The highest BCUT2D eigenvalue weighted by Gasteiger charge is 2.30. The molecule has 0 saturated carbocycles. The van der Waals surface area contributed by atoms with E-state index < -0.39 is 0 Å². The van der Waals surface area contributed by atoms with Crippen molar-refractivity contribution in [3.8, 4) is 0 Å². The Morgan fingerprint density at radius 2 is 1.84 bits per heavy atom. The summed E-state index contributed by atoms with van der Waals surface area (Å²) in [5, 5.41) is 4.06. The molecule has 1 fully saturated rings. The van der Waals surface area contributed by atoms with Crippen molar-refractivity contribution in [2.75, 3.05) is 32.0 Å². The first-order valence-corrected chi connectivity index (χ1v) is 11.9. The van der Waals surface area contributed by atoms with Crippen LogP contribution in [-0.2, 0) is 9.59 Å². The highest BCUT2D eigenvalue weighted by atomic mass is 32.1. The van der Waals surface area contributed by atoms with Gasteiger partial charge in [0, 0.05) is 18.7 Å². The van der Waals surface area contributed by atoms with Gasteiger partial charge >= 0.3 is 0 Å². The zero-order valence-corrected chi connectivity index (χ0v) is 19.7. The van der Waals surface area contributed by atoms with Crippen LogP contribution in [0.5, 0.6) is 0 Å². The highest BCUT2D eigenvalue weighted by molar-refractivity contribution is 7.18.